The maximum atomic E-state index is 13.6. The molecule has 11 nitrogen and oxygen atoms in total. The van der Waals surface area contributed by atoms with Crippen molar-refractivity contribution in [1.29, 1.82) is 0 Å². The first-order valence-electron chi connectivity index (χ1n) is 15.2. The Morgan fingerprint density at radius 2 is 1.70 bits per heavy atom. The molecule has 0 spiro atoms. The SMILES string of the molecule is CS(=O)(=O)c1ccc(CC(=O)N2CC[C@@H]3Oc4ccc(cc4)CNC(=O)COc4cccc(c4)-c4cncc(c4)C(=O)N[C@@H]3C2)cc1. The van der Waals surface area contributed by atoms with E-state index in [-0.39, 0.29) is 42.2 Å². The molecule has 0 aliphatic carbocycles. The number of piperidine rings is 1. The molecule has 1 saturated heterocycles. The first-order chi connectivity index (χ1) is 22.6. The molecule has 242 valence electrons. The van der Waals surface area contributed by atoms with Crippen molar-refractivity contribution < 1.29 is 32.3 Å². The minimum Gasteiger partial charge on any atom is -0.488 e. The Bertz CT molecular complexity index is 1900. The van der Waals surface area contributed by atoms with Crippen LogP contribution in [0, 0.1) is 0 Å². The molecule has 7 rings (SSSR count). The van der Waals surface area contributed by atoms with Gasteiger partial charge in [-0.3, -0.25) is 19.4 Å². The van der Waals surface area contributed by atoms with Crippen LogP contribution >= 0.6 is 0 Å². The predicted octanol–water partition coefficient (Wildman–Crippen LogP) is 3.18. The molecule has 3 amide bonds. The molecule has 47 heavy (non-hydrogen) atoms. The average Bonchev–Trinajstić information content (AvgIpc) is 3.07. The zero-order valence-electron chi connectivity index (χ0n) is 25.7. The maximum absolute atomic E-state index is 13.6. The molecule has 2 atom stereocenters. The summed E-state index contributed by atoms with van der Waals surface area (Å²) in [7, 11) is -3.35. The van der Waals surface area contributed by atoms with E-state index in [0.717, 1.165) is 17.4 Å². The van der Waals surface area contributed by atoms with Crippen molar-refractivity contribution in [2.45, 2.75) is 36.4 Å². The zero-order chi connectivity index (χ0) is 33.0. The van der Waals surface area contributed by atoms with Gasteiger partial charge in [-0.1, -0.05) is 36.4 Å². The van der Waals surface area contributed by atoms with Crippen LogP contribution in [0.4, 0.5) is 0 Å². The Kier molecular flexibility index (Phi) is 9.21. The first-order valence-corrected chi connectivity index (χ1v) is 17.1. The number of nitrogens with one attached hydrogen (secondary N) is 2. The number of benzene rings is 3. The second kappa shape index (κ2) is 13.6. The summed E-state index contributed by atoms with van der Waals surface area (Å²) in [5, 5.41) is 5.95. The number of carbonyl (C=O) groups is 3. The molecule has 3 aromatic carbocycles. The van der Waals surface area contributed by atoms with Crippen LogP contribution < -0.4 is 20.1 Å². The van der Waals surface area contributed by atoms with E-state index in [1.165, 1.54) is 18.3 Å². The summed E-state index contributed by atoms with van der Waals surface area (Å²) >= 11 is 0. The number of pyridine rings is 1. The topological polar surface area (TPSA) is 144 Å². The lowest BCUT2D eigenvalue weighted by molar-refractivity contribution is -0.133. The van der Waals surface area contributed by atoms with E-state index in [0.29, 0.717) is 47.7 Å². The largest absolute Gasteiger partial charge is 0.488 e. The van der Waals surface area contributed by atoms with Crippen LogP contribution in [0.3, 0.4) is 0 Å². The predicted molar refractivity (Wildman–Crippen MR) is 174 cm³/mol. The van der Waals surface area contributed by atoms with Crippen molar-refractivity contribution in [3.05, 3.63) is 108 Å². The van der Waals surface area contributed by atoms with Gasteiger partial charge in [-0.2, -0.15) is 0 Å². The number of aromatic nitrogens is 1. The van der Waals surface area contributed by atoms with Gasteiger partial charge >= 0.3 is 0 Å². The van der Waals surface area contributed by atoms with Crippen molar-refractivity contribution in [2.24, 2.45) is 0 Å². The average molecular weight is 655 g/mol. The summed E-state index contributed by atoms with van der Waals surface area (Å²) in [6.45, 7) is 0.796. The third-order valence-corrected chi connectivity index (χ3v) is 9.29. The molecular formula is C35H34N4O7S. The van der Waals surface area contributed by atoms with E-state index in [1.54, 1.807) is 47.5 Å². The van der Waals surface area contributed by atoms with E-state index in [4.69, 9.17) is 9.47 Å². The lowest BCUT2D eigenvalue weighted by atomic mass is 9.99. The first kappa shape index (κ1) is 31.7. The van der Waals surface area contributed by atoms with Crippen molar-refractivity contribution in [1.82, 2.24) is 20.5 Å². The number of rotatable bonds is 3. The van der Waals surface area contributed by atoms with Gasteiger partial charge in [0.15, 0.2) is 16.4 Å². The van der Waals surface area contributed by atoms with Gasteiger partial charge in [0.05, 0.1) is 22.9 Å². The highest BCUT2D eigenvalue weighted by molar-refractivity contribution is 7.90. The Morgan fingerprint density at radius 1 is 0.936 bits per heavy atom. The summed E-state index contributed by atoms with van der Waals surface area (Å²) in [5.74, 6) is 0.325. The lowest BCUT2D eigenvalue weighted by Gasteiger charge is -2.39. The third kappa shape index (κ3) is 7.95. The number of fused-ring (bicyclic) bond motifs is 7. The van der Waals surface area contributed by atoms with E-state index < -0.39 is 22.0 Å². The molecule has 4 heterocycles. The van der Waals surface area contributed by atoms with Crippen molar-refractivity contribution in [3.8, 4) is 22.6 Å². The molecule has 1 aromatic heterocycles. The van der Waals surface area contributed by atoms with E-state index in [1.807, 2.05) is 30.3 Å². The molecule has 6 bridgehead atoms. The Labute approximate surface area is 272 Å². The summed E-state index contributed by atoms with van der Waals surface area (Å²) in [6.07, 6.45) is 4.39. The molecule has 3 aliphatic rings. The van der Waals surface area contributed by atoms with Gasteiger partial charge in [-0.05, 0) is 59.2 Å². The molecule has 12 heteroatoms. The number of sulfone groups is 1. The van der Waals surface area contributed by atoms with Crippen LogP contribution in [0.1, 0.15) is 27.9 Å². The fraction of sp³-hybridized carbons (Fsp3) is 0.257. The number of amides is 3. The van der Waals surface area contributed by atoms with Crippen molar-refractivity contribution >= 4 is 27.6 Å². The fourth-order valence-electron chi connectivity index (χ4n) is 5.58. The lowest BCUT2D eigenvalue weighted by Crippen LogP contribution is -2.58. The summed E-state index contributed by atoms with van der Waals surface area (Å²) in [4.78, 5) is 45.7. The van der Waals surface area contributed by atoms with Gasteiger partial charge in [0, 0.05) is 50.3 Å². The van der Waals surface area contributed by atoms with Crippen LogP contribution in [0.5, 0.6) is 11.5 Å². The quantitative estimate of drug-likeness (QED) is 0.343. The van der Waals surface area contributed by atoms with Gasteiger partial charge in [0.25, 0.3) is 11.8 Å². The number of nitrogens with zero attached hydrogens (tertiary/aromatic N) is 2. The molecule has 1 fully saturated rings. The minimum absolute atomic E-state index is 0.0863. The Morgan fingerprint density at radius 3 is 2.47 bits per heavy atom. The number of ether oxygens (including phenoxy) is 2. The molecule has 0 radical (unpaired) electrons. The number of hydrogen-bond donors (Lipinski definition) is 2. The standard InChI is InChI=1S/C35H34N4O7S/c1-47(43,44)30-11-7-23(8-12-30)15-34(41)39-14-13-32-31(21-39)38-35(42)27-16-26(19-36-20-27)25-3-2-4-29(17-25)45-22-33(40)37-18-24-5-9-28(46-32)10-6-24/h2-12,16-17,19-20,31-32H,13-15,18,21-22H2,1H3,(H,37,40)(H,38,42)/t31-,32+/m1/s1. The number of hydrogen-bond acceptors (Lipinski definition) is 8. The van der Waals surface area contributed by atoms with Crippen LogP contribution in [0.15, 0.2) is 96.2 Å². The molecule has 2 N–H and O–H groups in total. The minimum atomic E-state index is -3.35. The highest BCUT2D eigenvalue weighted by atomic mass is 32.2. The maximum Gasteiger partial charge on any atom is 0.258 e. The Balaban J connectivity index is 1.25. The molecule has 4 aromatic rings. The fourth-order valence-corrected chi connectivity index (χ4v) is 6.21. The summed E-state index contributed by atoms with van der Waals surface area (Å²) < 4.78 is 35.8. The van der Waals surface area contributed by atoms with Crippen molar-refractivity contribution in [3.63, 3.8) is 0 Å². The molecule has 3 aliphatic heterocycles. The summed E-state index contributed by atoms with van der Waals surface area (Å²) in [6, 6.07) is 22.0. The van der Waals surface area contributed by atoms with Crippen LogP contribution in [-0.4, -0.2) is 74.1 Å². The van der Waals surface area contributed by atoms with E-state index >= 15 is 0 Å². The number of likely N-dealkylation sites (tertiary alicyclic amines) is 1. The van der Waals surface area contributed by atoms with E-state index in [2.05, 4.69) is 15.6 Å². The summed E-state index contributed by atoms with van der Waals surface area (Å²) in [5.41, 5.74) is 3.36. The smallest absolute Gasteiger partial charge is 0.258 e. The second-order valence-electron chi connectivity index (χ2n) is 11.7. The van der Waals surface area contributed by atoms with Crippen molar-refractivity contribution in [2.75, 3.05) is 26.0 Å². The van der Waals surface area contributed by atoms with Gasteiger partial charge in [-0.25, -0.2) is 8.42 Å². The van der Waals surface area contributed by atoms with Gasteiger partial charge in [0.2, 0.25) is 5.91 Å². The second-order valence-corrected chi connectivity index (χ2v) is 13.7. The normalized spacial score (nSPS) is 18.5. The molecular weight excluding hydrogens is 620 g/mol. The van der Waals surface area contributed by atoms with Crippen LogP contribution in [-0.2, 0) is 32.4 Å². The highest BCUT2D eigenvalue weighted by Gasteiger charge is 2.34. The monoisotopic (exact) mass is 654 g/mol. The van der Waals surface area contributed by atoms with Gasteiger partial charge in [0.1, 0.15) is 17.6 Å². The van der Waals surface area contributed by atoms with Gasteiger partial charge < -0.3 is 25.0 Å². The zero-order valence-corrected chi connectivity index (χ0v) is 26.5. The third-order valence-electron chi connectivity index (χ3n) is 8.16. The van der Waals surface area contributed by atoms with Gasteiger partial charge in [-0.15, -0.1) is 0 Å². The van der Waals surface area contributed by atoms with Crippen LogP contribution in [0.2, 0.25) is 0 Å². The van der Waals surface area contributed by atoms with Crippen LogP contribution in [0.25, 0.3) is 11.1 Å². The highest BCUT2D eigenvalue weighted by Crippen LogP contribution is 2.25. The number of carbonyl (C=O) groups excluding carboxylic acids is 3. The Hall–Kier alpha value is -5.23. The molecule has 0 unspecified atom stereocenters. The van der Waals surface area contributed by atoms with E-state index in [9.17, 15) is 22.8 Å². The molecule has 0 saturated carbocycles.